The lowest BCUT2D eigenvalue weighted by molar-refractivity contribution is 0.103. The fourth-order valence-electron chi connectivity index (χ4n) is 2.38. The van der Waals surface area contributed by atoms with Crippen molar-refractivity contribution in [2.24, 2.45) is 0 Å². The Labute approximate surface area is 124 Å². The Morgan fingerprint density at radius 1 is 1.00 bits per heavy atom. The zero-order valence-corrected chi connectivity index (χ0v) is 12.8. The molecular weight excluding hydrogens is 320 g/mol. The van der Waals surface area contributed by atoms with Gasteiger partial charge < -0.3 is 5.11 Å². The van der Waals surface area contributed by atoms with Crippen LogP contribution in [0.4, 0.5) is 0 Å². The van der Waals surface area contributed by atoms with Gasteiger partial charge >= 0.3 is 0 Å². The van der Waals surface area contributed by atoms with Gasteiger partial charge in [0.25, 0.3) is 0 Å². The Bertz CT molecular complexity index is 730. The molecule has 1 heterocycles. The monoisotopic (exact) mass is 332 g/mol. The highest BCUT2D eigenvalue weighted by molar-refractivity contribution is 9.10. The first-order chi connectivity index (χ1) is 9.10. The van der Waals surface area contributed by atoms with Crippen LogP contribution >= 0.6 is 27.3 Å². The predicted octanol–water partition coefficient (Wildman–Crippen LogP) is 4.92. The number of hydrogen-bond donors (Lipinski definition) is 1. The van der Waals surface area contributed by atoms with E-state index >= 15 is 0 Å². The molecule has 3 heteroatoms. The van der Waals surface area contributed by atoms with Crippen LogP contribution in [0.2, 0.25) is 0 Å². The maximum atomic E-state index is 11.0. The number of thiophene rings is 1. The Hall–Kier alpha value is -1.16. The number of fused-ring (bicyclic) bond motifs is 1. The first-order valence-electron chi connectivity index (χ1n) is 6.05. The first kappa shape index (κ1) is 12.9. The predicted molar refractivity (Wildman–Crippen MR) is 84.6 cm³/mol. The van der Waals surface area contributed by atoms with E-state index in [4.69, 9.17) is 0 Å². The maximum Gasteiger partial charge on any atom is 0.114 e. The van der Waals surface area contributed by atoms with E-state index in [-0.39, 0.29) is 0 Å². The molecule has 1 N–H and O–H groups in total. The minimum atomic E-state index is -1.01. The SMILES string of the molecule is CC(O)(c1ccccc1Br)c1cccc2ccsc12. The van der Waals surface area contributed by atoms with Crippen LogP contribution in [0.25, 0.3) is 10.1 Å². The van der Waals surface area contributed by atoms with Crippen molar-refractivity contribution in [3.63, 3.8) is 0 Å². The van der Waals surface area contributed by atoms with E-state index in [1.165, 1.54) is 5.39 Å². The highest BCUT2D eigenvalue weighted by Gasteiger charge is 2.29. The molecular formula is C16H13BrOS. The summed E-state index contributed by atoms with van der Waals surface area (Å²) < 4.78 is 2.07. The van der Waals surface area contributed by atoms with Crippen molar-refractivity contribution in [2.45, 2.75) is 12.5 Å². The second kappa shape index (κ2) is 4.75. The molecule has 1 unspecified atom stereocenters. The average Bonchev–Trinajstić information content (AvgIpc) is 2.86. The molecule has 19 heavy (non-hydrogen) atoms. The van der Waals surface area contributed by atoms with Gasteiger partial charge in [-0.1, -0.05) is 52.3 Å². The fraction of sp³-hybridized carbons (Fsp3) is 0.125. The summed E-state index contributed by atoms with van der Waals surface area (Å²) in [5, 5.41) is 14.3. The third-order valence-electron chi connectivity index (χ3n) is 3.40. The van der Waals surface area contributed by atoms with Crippen LogP contribution in [0.15, 0.2) is 58.4 Å². The molecule has 0 amide bonds. The Morgan fingerprint density at radius 2 is 1.74 bits per heavy atom. The minimum absolute atomic E-state index is 0.885. The van der Waals surface area contributed by atoms with E-state index < -0.39 is 5.60 Å². The van der Waals surface area contributed by atoms with Gasteiger partial charge in [0.05, 0.1) is 0 Å². The second-order valence-electron chi connectivity index (χ2n) is 4.70. The summed E-state index contributed by atoms with van der Waals surface area (Å²) in [6.07, 6.45) is 0. The van der Waals surface area contributed by atoms with Crippen LogP contribution in [-0.2, 0) is 5.60 Å². The lowest BCUT2D eigenvalue weighted by Gasteiger charge is -2.26. The van der Waals surface area contributed by atoms with Crippen LogP contribution in [0.5, 0.6) is 0 Å². The van der Waals surface area contributed by atoms with Gasteiger partial charge in [0.1, 0.15) is 5.60 Å². The quantitative estimate of drug-likeness (QED) is 0.706. The number of halogens is 1. The van der Waals surface area contributed by atoms with Gasteiger partial charge in [0, 0.05) is 20.3 Å². The van der Waals surface area contributed by atoms with Crippen LogP contribution in [0, 0.1) is 0 Å². The van der Waals surface area contributed by atoms with Crippen LogP contribution in [-0.4, -0.2) is 5.11 Å². The molecule has 1 atom stereocenters. The van der Waals surface area contributed by atoms with Crippen molar-refractivity contribution in [3.05, 3.63) is 69.5 Å². The highest BCUT2D eigenvalue weighted by atomic mass is 79.9. The number of rotatable bonds is 2. The number of benzene rings is 2. The first-order valence-corrected chi connectivity index (χ1v) is 7.72. The molecule has 1 nitrogen and oxygen atoms in total. The molecule has 0 aliphatic rings. The summed E-state index contributed by atoms with van der Waals surface area (Å²) in [5.74, 6) is 0. The van der Waals surface area contributed by atoms with Crippen LogP contribution < -0.4 is 0 Å². The molecule has 96 valence electrons. The topological polar surface area (TPSA) is 20.2 Å². The van der Waals surface area contributed by atoms with Crippen LogP contribution in [0.1, 0.15) is 18.1 Å². The molecule has 3 rings (SSSR count). The largest absolute Gasteiger partial charge is 0.381 e. The van der Waals surface area contributed by atoms with E-state index in [0.717, 1.165) is 20.3 Å². The summed E-state index contributed by atoms with van der Waals surface area (Å²) >= 11 is 5.19. The van der Waals surface area contributed by atoms with Gasteiger partial charge in [-0.25, -0.2) is 0 Å². The Kier molecular flexibility index (Phi) is 3.21. The van der Waals surface area contributed by atoms with Crippen molar-refractivity contribution in [3.8, 4) is 0 Å². The van der Waals surface area contributed by atoms with E-state index in [0.29, 0.717) is 0 Å². The van der Waals surface area contributed by atoms with Crippen molar-refractivity contribution < 1.29 is 5.11 Å². The van der Waals surface area contributed by atoms with Crippen molar-refractivity contribution >= 4 is 37.4 Å². The fourth-order valence-corrected chi connectivity index (χ4v) is 4.06. The van der Waals surface area contributed by atoms with Crippen LogP contribution in [0.3, 0.4) is 0 Å². The molecule has 0 aliphatic carbocycles. The van der Waals surface area contributed by atoms with E-state index in [9.17, 15) is 5.11 Å². The molecule has 3 aromatic rings. The van der Waals surface area contributed by atoms with Gasteiger partial charge in [0.2, 0.25) is 0 Å². The molecule has 0 saturated carbocycles. The third kappa shape index (κ3) is 2.12. The van der Waals surface area contributed by atoms with Crippen molar-refractivity contribution in [2.75, 3.05) is 0 Å². The lowest BCUT2D eigenvalue weighted by Crippen LogP contribution is -2.23. The summed E-state index contributed by atoms with van der Waals surface area (Å²) in [4.78, 5) is 0. The Morgan fingerprint density at radius 3 is 2.53 bits per heavy atom. The zero-order valence-electron chi connectivity index (χ0n) is 10.4. The third-order valence-corrected chi connectivity index (χ3v) is 5.06. The van der Waals surface area contributed by atoms with Gasteiger partial charge in [-0.15, -0.1) is 11.3 Å². The van der Waals surface area contributed by atoms with Gasteiger partial charge in [-0.2, -0.15) is 0 Å². The maximum absolute atomic E-state index is 11.0. The summed E-state index contributed by atoms with van der Waals surface area (Å²) in [5.41, 5.74) is 0.826. The Balaban J connectivity index is 2.25. The van der Waals surface area contributed by atoms with Crippen molar-refractivity contribution in [1.82, 2.24) is 0 Å². The smallest absolute Gasteiger partial charge is 0.114 e. The lowest BCUT2D eigenvalue weighted by atomic mass is 9.88. The minimum Gasteiger partial charge on any atom is -0.381 e. The molecule has 2 aromatic carbocycles. The molecule has 0 radical (unpaired) electrons. The van der Waals surface area contributed by atoms with E-state index in [1.54, 1.807) is 11.3 Å². The second-order valence-corrected chi connectivity index (χ2v) is 6.47. The summed E-state index contributed by atoms with van der Waals surface area (Å²) in [6, 6.07) is 16.0. The molecule has 0 saturated heterocycles. The van der Waals surface area contributed by atoms with E-state index in [1.807, 2.05) is 43.3 Å². The van der Waals surface area contributed by atoms with Gasteiger partial charge in [-0.05, 0) is 29.8 Å². The molecule has 1 aromatic heterocycles. The highest BCUT2D eigenvalue weighted by Crippen LogP contribution is 2.39. The summed E-state index contributed by atoms with van der Waals surface area (Å²) in [7, 11) is 0. The number of aliphatic hydroxyl groups is 1. The van der Waals surface area contributed by atoms with Crippen molar-refractivity contribution in [1.29, 1.82) is 0 Å². The molecule has 0 bridgehead atoms. The standard InChI is InChI=1S/C16H13BrOS/c1-16(18,12-6-2-3-8-14(12)17)13-7-4-5-11-9-10-19-15(11)13/h2-10,18H,1H3. The number of hydrogen-bond acceptors (Lipinski definition) is 2. The zero-order chi connectivity index (χ0) is 13.5. The normalized spacial score (nSPS) is 14.5. The molecule has 0 fully saturated rings. The summed E-state index contributed by atoms with van der Waals surface area (Å²) in [6.45, 7) is 1.85. The molecule has 0 aliphatic heterocycles. The van der Waals surface area contributed by atoms with E-state index in [2.05, 4.69) is 33.4 Å². The molecule has 0 spiro atoms. The average molecular weight is 333 g/mol. The van der Waals surface area contributed by atoms with Gasteiger partial charge in [0.15, 0.2) is 0 Å². The van der Waals surface area contributed by atoms with Gasteiger partial charge in [-0.3, -0.25) is 0 Å².